The van der Waals surface area contributed by atoms with E-state index in [0.717, 1.165) is 5.69 Å². The molecule has 0 unspecified atom stereocenters. The van der Waals surface area contributed by atoms with Gasteiger partial charge in [0.2, 0.25) is 0 Å². The van der Waals surface area contributed by atoms with E-state index < -0.39 is 5.97 Å². The van der Waals surface area contributed by atoms with Crippen LogP contribution in [0.3, 0.4) is 0 Å². The number of hydrogen-bond donors (Lipinski definition) is 3. The van der Waals surface area contributed by atoms with Crippen molar-refractivity contribution < 1.29 is 9.90 Å². The lowest BCUT2D eigenvalue weighted by Crippen LogP contribution is -2.27. The Morgan fingerprint density at radius 3 is 2.73 bits per heavy atom. The van der Waals surface area contributed by atoms with Crippen molar-refractivity contribution in [2.24, 2.45) is 0 Å². The Bertz CT molecular complexity index is 331. The van der Waals surface area contributed by atoms with Gasteiger partial charge < -0.3 is 15.7 Å². The van der Waals surface area contributed by atoms with Crippen LogP contribution >= 0.6 is 11.6 Å². The number of rotatable bonds is 6. The molecule has 1 aromatic rings. The smallest absolute Gasteiger partial charge is 0.317 e. The summed E-state index contributed by atoms with van der Waals surface area (Å²) < 4.78 is 0. The monoisotopic (exact) mass is 228 g/mol. The summed E-state index contributed by atoms with van der Waals surface area (Å²) in [5.74, 6) is -0.854. The van der Waals surface area contributed by atoms with E-state index in [1.807, 2.05) is 18.2 Å². The minimum absolute atomic E-state index is 0.0236. The average molecular weight is 229 g/mol. The van der Waals surface area contributed by atoms with Gasteiger partial charge in [0, 0.05) is 13.1 Å². The van der Waals surface area contributed by atoms with E-state index in [0.29, 0.717) is 18.1 Å². The third kappa shape index (κ3) is 4.67. The van der Waals surface area contributed by atoms with Crippen molar-refractivity contribution in [3.8, 4) is 0 Å². The second kappa shape index (κ2) is 6.27. The third-order valence-corrected chi connectivity index (χ3v) is 2.10. The summed E-state index contributed by atoms with van der Waals surface area (Å²) in [6.45, 7) is 1.19. The molecular formula is C10H13ClN2O2. The number of hydrogen-bond acceptors (Lipinski definition) is 3. The lowest BCUT2D eigenvalue weighted by molar-refractivity contribution is -0.135. The Kier molecular flexibility index (Phi) is 4.93. The van der Waals surface area contributed by atoms with Gasteiger partial charge in [-0.25, -0.2) is 0 Å². The Hall–Kier alpha value is -1.26. The molecule has 0 spiro atoms. The number of para-hydroxylation sites is 1. The zero-order valence-electron chi connectivity index (χ0n) is 8.16. The van der Waals surface area contributed by atoms with E-state index in [2.05, 4.69) is 10.6 Å². The van der Waals surface area contributed by atoms with Crippen LogP contribution in [0.15, 0.2) is 24.3 Å². The number of carboxylic acids is 1. The van der Waals surface area contributed by atoms with E-state index in [1.54, 1.807) is 6.07 Å². The van der Waals surface area contributed by atoms with E-state index in [9.17, 15) is 4.79 Å². The van der Waals surface area contributed by atoms with E-state index in [4.69, 9.17) is 16.7 Å². The molecule has 1 aromatic carbocycles. The Morgan fingerprint density at radius 1 is 1.33 bits per heavy atom. The number of aliphatic carboxylic acids is 1. The number of carboxylic acid groups (broad SMARTS) is 1. The van der Waals surface area contributed by atoms with Crippen molar-refractivity contribution in [3.05, 3.63) is 29.3 Å². The van der Waals surface area contributed by atoms with Gasteiger partial charge in [0.25, 0.3) is 0 Å². The summed E-state index contributed by atoms with van der Waals surface area (Å²) in [7, 11) is 0. The van der Waals surface area contributed by atoms with Crippen LogP contribution in [-0.2, 0) is 4.79 Å². The molecule has 3 N–H and O–H groups in total. The zero-order chi connectivity index (χ0) is 11.1. The summed E-state index contributed by atoms with van der Waals surface area (Å²) in [6.07, 6.45) is 0. The third-order valence-electron chi connectivity index (χ3n) is 1.77. The van der Waals surface area contributed by atoms with Crippen molar-refractivity contribution >= 4 is 23.3 Å². The summed E-state index contributed by atoms with van der Waals surface area (Å²) in [5.41, 5.74) is 0.858. The van der Waals surface area contributed by atoms with Crippen LogP contribution in [-0.4, -0.2) is 30.7 Å². The highest BCUT2D eigenvalue weighted by Gasteiger charge is 1.97. The van der Waals surface area contributed by atoms with Gasteiger partial charge in [-0.2, -0.15) is 0 Å². The maximum Gasteiger partial charge on any atom is 0.317 e. The van der Waals surface area contributed by atoms with Crippen molar-refractivity contribution in [1.82, 2.24) is 5.32 Å². The fraction of sp³-hybridized carbons (Fsp3) is 0.300. The highest BCUT2D eigenvalue weighted by atomic mass is 35.5. The molecule has 0 amide bonds. The molecule has 1 rings (SSSR count). The number of carbonyl (C=O) groups is 1. The molecule has 0 radical (unpaired) electrons. The minimum atomic E-state index is -0.854. The Morgan fingerprint density at radius 2 is 2.07 bits per heavy atom. The maximum atomic E-state index is 10.2. The number of anilines is 1. The lowest BCUT2D eigenvalue weighted by Gasteiger charge is -2.07. The number of benzene rings is 1. The highest BCUT2D eigenvalue weighted by Crippen LogP contribution is 2.19. The maximum absolute atomic E-state index is 10.2. The first-order valence-corrected chi connectivity index (χ1v) is 4.99. The quantitative estimate of drug-likeness (QED) is 0.645. The van der Waals surface area contributed by atoms with Crippen LogP contribution in [0.1, 0.15) is 0 Å². The standard InChI is InChI=1S/C10H13ClN2O2/c11-8-3-1-2-4-9(8)13-6-5-12-7-10(14)15/h1-4,12-13H,5-7H2,(H,14,15). The number of halogens is 1. The van der Waals surface area contributed by atoms with Crippen molar-refractivity contribution in [1.29, 1.82) is 0 Å². The predicted molar refractivity (Wildman–Crippen MR) is 60.4 cm³/mol. The summed E-state index contributed by atoms with van der Waals surface area (Å²) in [5, 5.41) is 14.9. The number of nitrogens with one attached hydrogen (secondary N) is 2. The van der Waals surface area contributed by atoms with Gasteiger partial charge in [-0.1, -0.05) is 23.7 Å². The molecule has 15 heavy (non-hydrogen) atoms. The van der Waals surface area contributed by atoms with Crippen molar-refractivity contribution in [3.63, 3.8) is 0 Å². The highest BCUT2D eigenvalue weighted by molar-refractivity contribution is 6.33. The van der Waals surface area contributed by atoms with Gasteiger partial charge in [0.05, 0.1) is 17.3 Å². The zero-order valence-corrected chi connectivity index (χ0v) is 8.92. The Labute approximate surface area is 93.2 Å². The molecule has 82 valence electrons. The van der Waals surface area contributed by atoms with Crippen LogP contribution in [0.25, 0.3) is 0 Å². The van der Waals surface area contributed by atoms with Crippen LogP contribution < -0.4 is 10.6 Å². The lowest BCUT2D eigenvalue weighted by atomic mass is 10.3. The molecule has 0 saturated heterocycles. The first-order valence-electron chi connectivity index (χ1n) is 4.61. The molecular weight excluding hydrogens is 216 g/mol. The van der Waals surface area contributed by atoms with Crippen molar-refractivity contribution in [2.75, 3.05) is 25.0 Å². The van der Waals surface area contributed by atoms with Gasteiger partial charge in [0.15, 0.2) is 0 Å². The van der Waals surface area contributed by atoms with E-state index in [1.165, 1.54) is 0 Å². The first-order chi connectivity index (χ1) is 7.20. The molecule has 0 fully saturated rings. The van der Waals surface area contributed by atoms with Crippen molar-refractivity contribution in [2.45, 2.75) is 0 Å². The Balaban J connectivity index is 2.21. The molecule has 4 nitrogen and oxygen atoms in total. The van der Waals surface area contributed by atoms with Gasteiger partial charge in [-0.05, 0) is 12.1 Å². The largest absolute Gasteiger partial charge is 0.480 e. The molecule has 0 heterocycles. The van der Waals surface area contributed by atoms with Crippen LogP contribution in [0, 0.1) is 0 Å². The van der Waals surface area contributed by atoms with Gasteiger partial charge in [-0.15, -0.1) is 0 Å². The molecule has 5 heteroatoms. The molecule has 0 aromatic heterocycles. The molecule has 0 aliphatic rings. The van der Waals surface area contributed by atoms with Gasteiger partial charge in [-0.3, -0.25) is 4.79 Å². The molecule has 0 aliphatic heterocycles. The second-order valence-electron chi connectivity index (χ2n) is 2.98. The summed E-state index contributed by atoms with van der Waals surface area (Å²) in [6, 6.07) is 7.42. The van der Waals surface area contributed by atoms with E-state index >= 15 is 0 Å². The fourth-order valence-corrected chi connectivity index (χ4v) is 1.29. The van der Waals surface area contributed by atoms with Crippen LogP contribution in [0.5, 0.6) is 0 Å². The summed E-state index contributed by atoms with van der Waals surface area (Å²) in [4.78, 5) is 10.2. The fourth-order valence-electron chi connectivity index (χ4n) is 1.09. The normalized spacial score (nSPS) is 9.93. The van der Waals surface area contributed by atoms with E-state index in [-0.39, 0.29) is 6.54 Å². The van der Waals surface area contributed by atoms with Gasteiger partial charge >= 0.3 is 5.97 Å². The summed E-state index contributed by atoms with van der Waals surface area (Å²) >= 11 is 5.91. The molecule has 0 bridgehead atoms. The second-order valence-corrected chi connectivity index (χ2v) is 3.38. The molecule has 0 saturated carbocycles. The van der Waals surface area contributed by atoms with Crippen LogP contribution in [0.2, 0.25) is 5.02 Å². The average Bonchev–Trinajstić information content (AvgIpc) is 2.20. The molecule has 0 aliphatic carbocycles. The topological polar surface area (TPSA) is 61.4 Å². The van der Waals surface area contributed by atoms with Gasteiger partial charge in [0.1, 0.15) is 0 Å². The first kappa shape index (κ1) is 11.8. The SMILES string of the molecule is O=C(O)CNCCNc1ccccc1Cl. The minimum Gasteiger partial charge on any atom is -0.480 e. The van der Waals surface area contributed by atoms with Crippen LogP contribution in [0.4, 0.5) is 5.69 Å². The predicted octanol–water partition coefficient (Wildman–Crippen LogP) is 1.43. The molecule has 0 atom stereocenters.